The van der Waals surface area contributed by atoms with Crippen LogP contribution < -0.4 is 5.73 Å². The Bertz CT molecular complexity index is 311. The molecular weight excluding hydrogens is 246 g/mol. The number of oxime groups is 1. The first kappa shape index (κ1) is 14.6. The lowest BCUT2D eigenvalue weighted by atomic mass is 9.83. The molecule has 6 heteroatoms. The van der Waals surface area contributed by atoms with Crippen molar-refractivity contribution in [3.8, 4) is 0 Å². The third-order valence-electron chi connectivity index (χ3n) is 4.34. The summed E-state index contributed by atoms with van der Waals surface area (Å²) in [7, 11) is 2.10. The maximum Gasteiger partial charge on any atom is 0.140 e. The first-order chi connectivity index (χ1) is 9.15. The molecule has 2 rings (SSSR count). The lowest BCUT2D eigenvalue weighted by Gasteiger charge is -2.45. The van der Waals surface area contributed by atoms with Gasteiger partial charge in [0.15, 0.2) is 0 Å². The van der Waals surface area contributed by atoms with E-state index >= 15 is 0 Å². The van der Waals surface area contributed by atoms with Crippen LogP contribution in [0.4, 0.5) is 0 Å². The molecule has 0 bridgehead atoms. The number of nitrogens with two attached hydrogens (primary N) is 1. The first-order valence-corrected chi connectivity index (χ1v) is 7.03. The Kier molecular flexibility index (Phi) is 5.01. The lowest BCUT2D eigenvalue weighted by molar-refractivity contribution is -0.149. The van der Waals surface area contributed by atoms with Gasteiger partial charge in [-0.25, -0.2) is 0 Å². The van der Waals surface area contributed by atoms with E-state index in [1.807, 2.05) is 0 Å². The largest absolute Gasteiger partial charge is 0.409 e. The maximum atomic E-state index is 8.57. The van der Waals surface area contributed by atoms with Crippen LogP contribution in [0, 0.1) is 0 Å². The van der Waals surface area contributed by atoms with Gasteiger partial charge in [0.2, 0.25) is 0 Å². The molecule has 0 aromatic heterocycles. The topological polar surface area (TPSA) is 80.3 Å². The van der Waals surface area contributed by atoms with E-state index in [0.29, 0.717) is 18.3 Å². The smallest absolute Gasteiger partial charge is 0.140 e. The average molecular weight is 271 g/mol. The minimum atomic E-state index is 0.0199. The molecule has 1 spiro atoms. The standard InChI is InChI=1S/C13H25N3O3/c1-16(6-2-12(14)15-17)11-3-7-19-13(10-11)4-8-18-9-5-13/h11,17H,2-10H2,1H3,(H2,14,15). The molecule has 1 unspecified atom stereocenters. The average Bonchev–Trinajstić information content (AvgIpc) is 2.45. The SMILES string of the molecule is CN(CCC(N)=NO)C1CCOC2(CCOCC2)C1. The van der Waals surface area contributed by atoms with Gasteiger partial charge >= 0.3 is 0 Å². The number of nitrogens with zero attached hydrogens (tertiary/aromatic N) is 2. The van der Waals surface area contributed by atoms with Crippen molar-refractivity contribution in [2.45, 2.75) is 43.7 Å². The molecule has 0 aromatic rings. The normalized spacial score (nSPS) is 27.9. The Labute approximate surface area is 114 Å². The van der Waals surface area contributed by atoms with E-state index in [9.17, 15) is 0 Å². The molecule has 6 nitrogen and oxygen atoms in total. The summed E-state index contributed by atoms with van der Waals surface area (Å²) < 4.78 is 11.5. The van der Waals surface area contributed by atoms with E-state index in [1.165, 1.54) is 0 Å². The molecule has 3 N–H and O–H groups in total. The Morgan fingerprint density at radius 3 is 2.84 bits per heavy atom. The molecule has 1 atom stereocenters. The van der Waals surface area contributed by atoms with Crippen LogP contribution in [0.3, 0.4) is 0 Å². The summed E-state index contributed by atoms with van der Waals surface area (Å²) in [5.74, 6) is 0.291. The zero-order chi connectivity index (χ0) is 13.7. The fraction of sp³-hybridized carbons (Fsp3) is 0.923. The molecule has 2 fully saturated rings. The van der Waals surface area contributed by atoms with Crippen LogP contribution in [0.2, 0.25) is 0 Å². The highest BCUT2D eigenvalue weighted by molar-refractivity contribution is 5.79. The van der Waals surface area contributed by atoms with Crippen molar-refractivity contribution in [2.75, 3.05) is 33.4 Å². The van der Waals surface area contributed by atoms with Gasteiger partial charge in [0.05, 0.1) is 5.60 Å². The van der Waals surface area contributed by atoms with Crippen molar-refractivity contribution < 1.29 is 14.7 Å². The van der Waals surface area contributed by atoms with E-state index in [2.05, 4.69) is 17.1 Å². The monoisotopic (exact) mass is 271 g/mol. The molecule has 2 aliphatic heterocycles. The second-order valence-electron chi connectivity index (χ2n) is 5.61. The highest BCUT2D eigenvalue weighted by Crippen LogP contribution is 2.35. The molecule has 2 saturated heterocycles. The molecule has 110 valence electrons. The van der Waals surface area contributed by atoms with Crippen LogP contribution in [-0.4, -0.2) is 61.0 Å². The third kappa shape index (κ3) is 3.81. The van der Waals surface area contributed by atoms with E-state index in [1.54, 1.807) is 0 Å². The van der Waals surface area contributed by atoms with Gasteiger partial charge in [-0.2, -0.15) is 0 Å². The summed E-state index contributed by atoms with van der Waals surface area (Å²) in [6.07, 6.45) is 4.70. The van der Waals surface area contributed by atoms with Crippen LogP contribution in [0.25, 0.3) is 0 Å². The van der Waals surface area contributed by atoms with Gasteiger partial charge in [-0.15, -0.1) is 0 Å². The van der Waals surface area contributed by atoms with Crippen molar-refractivity contribution >= 4 is 5.84 Å². The molecule has 0 amide bonds. The van der Waals surface area contributed by atoms with E-state index in [0.717, 1.165) is 52.0 Å². The molecule has 0 aromatic carbocycles. The van der Waals surface area contributed by atoms with Gasteiger partial charge in [0.25, 0.3) is 0 Å². The van der Waals surface area contributed by atoms with E-state index in [-0.39, 0.29) is 5.60 Å². The number of amidine groups is 1. The maximum absolute atomic E-state index is 8.57. The van der Waals surface area contributed by atoms with Gasteiger partial charge in [-0.05, 0) is 32.7 Å². The van der Waals surface area contributed by atoms with Crippen molar-refractivity contribution in [3.63, 3.8) is 0 Å². The summed E-state index contributed by atoms with van der Waals surface area (Å²) in [6.45, 7) is 3.24. The van der Waals surface area contributed by atoms with Crippen LogP contribution >= 0.6 is 0 Å². The van der Waals surface area contributed by atoms with Crippen molar-refractivity contribution in [3.05, 3.63) is 0 Å². The van der Waals surface area contributed by atoms with Crippen molar-refractivity contribution in [2.24, 2.45) is 10.9 Å². The molecule has 2 heterocycles. The number of hydrogen-bond donors (Lipinski definition) is 2. The lowest BCUT2D eigenvalue weighted by Crippen LogP contribution is -2.50. The quantitative estimate of drug-likeness (QED) is 0.342. The number of hydrogen-bond acceptors (Lipinski definition) is 5. The molecule has 0 radical (unpaired) electrons. The van der Waals surface area contributed by atoms with E-state index in [4.69, 9.17) is 20.4 Å². The summed E-state index contributed by atoms with van der Waals surface area (Å²) in [4.78, 5) is 2.30. The number of ether oxygens (including phenoxy) is 2. The van der Waals surface area contributed by atoms with Crippen LogP contribution in [0.1, 0.15) is 32.1 Å². The predicted octanol–water partition coefficient (Wildman–Crippen LogP) is 0.783. The predicted molar refractivity (Wildman–Crippen MR) is 72.4 cm³/mol. The minimum absolute atomic E-state index is 0.0199. The fourth-order valence-corrected chi connectivity index (χ4v) is 2.99. The highest BCUT2D eigenvalue weighted by Gasteiger charge is 2.39. The Hall–Kier alpha value is -0.850. The second kappa shape index (κ2) is 6.54. The van der Waals surface area contributed by atoms with Gasteiger partial charge in [-0.3, -0.25) is 0 Å². The van der Waals surface area contributed by atoms with Gasteiger partial charge in [0.1, 0.15) is 5.84 Å². The second-order valence-corrected chi connectivity index (χ2v) is 5.61. The molecule has 0 saturated carbocycles. The highest BCUT2D eigenvalue weighted by atomic mass is 16.5. The molecule has 19 heavy (non-hydrogen) atoms. The summed E-state index contributed by atoms with van der Waals surface area (Å²) in [5.41, 5.74) is 5.54. The van der Waals surface area contributed by atoms with Crippen LogP contribution in [0.15, 0.2) is 5.16 Å². The van der Waals surface area contributed by atoms with Crippen molar-refractivity contribution in [1.82, 2.24) is 4.90 Å². The minimum Gasteiger partial charge on any atom is -0.409 e. The van der Waals surface area contributed by atoms with Gasteiger partial charge in [-0.1, -0.05) is 5.16 Å². The Morgan fingerprint density at radius 2 is 2.16 bits per heavy atom. The van der Waals surface area contributed by atoms with Gasteiger partial charge < -0.3 is 25.3 Å². The molecule has 2 aliphatic rings. The number of rotatable bonds is 4. The van der Waals surface area contributed by atoms with Crippen molar-refractivity contribution in [1.29, 1.82) is 0 Å². The Morgan fingerprint density at radius 1 is 1.42 bits per heavy atom. The summed E-state index contributed by atoms with van der Waals surface area (Å²) in [6, 6.07) is 0.512. The zero-order valence-corrected chi connectivity index (χ0v) is 11.7. The molecule has 0 aliphatic carbocycles. The summed E-state index contributed by atoms with van der Waals surface area (Å²) >= 11 is 0. The van der Waals surface area contributed by atoms with Gasteiger partial charge in [0, 0.05) is 38.8 Å². The fourth-order valence-electron chi connectivity index (χ4n) is 2.99. The molecular formula is C13H25N3O3. The first-order valence-electron chi connectivity index (χ1n) is 7.03. The van der Waals surface area contributed by atoms with Crippen LogP contribution in [-0.2, 0) is 9.47 Å². The summed E-state index contributed by atoms with van der Waals surface area (Å²) in [5, 5.41) is 11.6. The Balaban J connectivity index is 1.85. The zero-order valence-electron chi connectivity index (χ0n) is 11.7. The van der Waals surface area contributed by atoms with Crippen LogP contribution in [0.5, 0.6) is 0 Å². The third-order valence-corrected chi connectivity index (χ3v) is 4.34. The van der Waals surface area contributed by atoms with E-state index < -0.39 is 0 Å².